The van der Waals surface area contributed by atoms with E-state index in [1.165, 1.54) is 0 Å². The molecule has 0 spiro atoms. The standard InChI is InChI=1S/C11H23NO/c1-6-7-12-10(13)11(4,5)8-9(2)3/h9H,6-8H2,1-5H3,(H,12,13). The van der Waals surface area contributed by atoms with Crippen molar-refractivity contribution in [3.63, 3.8) is 0 Å². The summed E-state index contributed by atoms with van der Waals surface area (Å²) in [4.78, 5) is 11.6. The molecule has 0 aliphatic carbocycles. The van der Waals surface area contributed by atoms with E-state index in [-0.39, 0.29) is 11.3 Å². The van der Waals surface area contributed by atoms with Gasteiger partial charge < -0.3 is 5.32 Å². The first kappa shape index (κ1) is 12.5. The van der Waals surface area contributed by atoms with Crippen LogP contribution in [0, 0.1) is 11.3 Å². The second kappa shape index (κ2) is 5.25. The number of carbonyl (C=O) groups excluding carboxylic acids is 1. The lowest BCUT2D eigenvalue weighted by molar-refractivity contribution is -0.130. The van der Waals surface area contributed by atoms with Crippen molar-refractivity contribution in [3.05, 3.63) is 0 Å². The van der Waals surface area contributed by atoms with E-state index in [0.717, 1.165) is 19.4 Å². The van der Waals surface area contributed by atoms with Crippen molar-refractivity contribution in [2.45, 2.75) is 47.5 Å². The maximum absolute atomic E-state index is 11.6. The van der Waals surface area contributed by atoms with Gasteiger partial charge in [0, 0.05) is 12.0 Å². The molecule has 0 fully saturated rings. The summed E-state index contributed by atoms with van der Waals surface area (Å²) >= 11 is 0. The van der Waals surface area contributed by atoms with E-state index in [0.29, 0.717) is 5.92 Å². The second-order valence-electron chi connectivity index (χ2n) is 4.74. The lowest BCUT2D eigenvalue weighted by atomic mass is 9.83. The molecule has 13 heavy (non-hydrogen) atoms. The van der Waals surface area contributed by atoms with Crippen LogP contribution in [0.4, 0.5) is 0 Å². The van der Waals surface area contributed by atoms with Crippen molar-refractivity contribution in [1.82, 2.24) is 5.32 Å². The van der Waals surface area contributed by atoms with Gasteiger partial charge in [-0.05, 0) is 18.8 Å². The van der Waals surface area contributed by atoms with E-state index in [1.54, 1.807) is 0 Å². The van der Waals surface area contributed by atoms with Gasteiger partial charge in [0.25, 0.3) is 0 Å². The van der Waals surface area contributed by atoms with Gasteiger partial charge >= 0.3 is 0 Å². The Bertz CT molecular complexity index is 161. The van der Waals surface area contributed by atoms with E-state index in [1.807, 2.05) is 13.8 Å². The molecule has 0 rings (SSSR count). The minimum Gasteiger partial charge on any atom is -0.356 e. The molecule has 0 atom stereocenters. The van der Waals surface area contributed by atoms with Crippen LogP contribution in [0.1, 0.15) is 47.5 Å². The summed E-state index contributed by atoms with van der Waals surface area (Å²) in [5.74, 6) is 0.755. The molecule has 0 saturated heterocycles. The van der Waals surface area contributed by atoms with Gasteiger partial charge in [0.05, 0.1) is 0 Å². The first-order valence-electron chi connectivity index (χ1n) is 5.18. The van der Waals surface area contributed by atoms with Gasteiger partial charge in [-0.25, -0.2) is 0 Å². The number of rotatable bonds is 5. The Balaban J connectivity index is 4.03. The van der Waals surface area contributed by atoms with E-state index >= 15 is 0 Å². The van der Waals surface area contributed by atoms with Crippen LogP contribution >= 0.6 is 0 Å². The first-order chi connectivity index (χ1) is 5.90. The molecule has 0 heterocycles. The minimum absolute atomic E-state index is 0.183. The van der Waals surface area contributed by atoms with Gasteiger partial charge in [0.15, 0.2) is 0 Å². The Morgan fingerprint density at radius 2 is 1.92 bits per heavy atom. The van der Waals surface area contributed by atoms with Crippen molar-refractivity contribution < 1.29 is 4.79 Å². The maximum Gasteiger partial charge on any atom is 0.225 e. The number of carbonyl (C=O) groups is 1. The van der Waals surface area contributed by atoms with Crippen molar-refractivity contribution in [1.29, 1.82) is 0 Å². The summed E-state index contributed by atoms with van der Waals surface area (Å²) in [6, 6.07) is 0. The van der Waals surface area contributed by atoms with Gasteiger partial charge in [-0.3, -0.25) is 4.79 Å². The average Bonchev–Trinajstić information content (AvgIpc) is 1.97. The number of hydrogen-bond acceptors (Lipinski definition) is 1. The Kier molecular flexibility index (Phi) is 5.04. The van der Waals surface area contributed by atoms with Crippen LogP contribution in [-0.2, 0) is 4.79 Å². The molecular weight excluding hydrogens is 162 g/mol. The Labute approximate surface area is 82.1 Å². The predicted molar refractivity (Wildman–Crippen MR) is 56.5 cm³/mol. The molecular formula is C11H23NO. The SMILES string of the molecule is CCCNC(=O)C(C)(C)CC(C)C. The topological polar surface area (TPSA) is 29.1 Å². The summed E-state index contributed by atoms with van der Waals surface area (Å²) in [5, 5.41) is 2.94. The zero-order valence-electron chi connectivity index (χ0n) is 9.61. The summed E-state index contributed by atoms with van der Waals surface area (Å²) in [5.41, 5.74) is -0.219. The number of hydrogen-bond donors (Lipinski definition) is 1. The smallest absolute Gasteiger partial charge is 0.225 e. The summed E-state index contributed by atoms with van der Waals surface area (Å²) in [6.07, 6.45) is 1.95. The van der Waals surface area contributed by atoms with Gasteiger partial charge in [0.2, 0.25) is 5.91 Å². The van der Waals surface area contributed by atoms with Crippen LogP contribution in [0.5, 0.6) is 0 Å². The highest BCUT2D eigenvalue weighted by Crippen LogP contribution is 2.25. The Morgan fingerprint density at radius 3 is 2.31 bits per heavy atom. The molecule has 78 valence electrons. The van der Waals surface area contributed by atoms with Crippen LogP contribution in [-0.4, -0.2) is 12.5 Å². The molecule has 2 nitrogen and oxygen atoms in total. The van der Waals surface area contributed by atoms with Crippen molar-refractivity contribution >= 4 is 5.91 Å². The Morgan fingerprint density at radius 1 is 1.38 bits per heavy atom. The fraction of sp³-hybridized carbons (Fsp3) is 0.909. The van der Waals surface area contributed by atoms with Gasteiger partial charge in [0.1, 0.15) is 0 Å². The van der Waals surface area contributed by atoms with E-state index in [2.05, 4.69) is 26.1 Å². The van der Waals surface area contributed by atoms with Gasteiger partial charge in [-0.2, -0.15) is 0 Å². The van der Waals surface area contributed by atoms with E-state index in [4.69, 9.17) is 0 Å². The quantitative estimate of drug-likeness (QED) is 0.701. The summed E-state index contributed by atoms with van der Waals surface area (Å²) < 4.78 is 0. The zero-order valence-corrected chi connectivity index (χ0v) is 9.61. The van der Waals surface area contributed by atoms with E-state index < -0.39 is 0 Å². The van der Waals surface area contributed by atoms with Crippen LogP contribution in [0.15, 0.2) is 0 Å². The fourth-order valence-corrected chi connectivity index (χ4v) is 1.59. The van der Waals surface area contributed by atoms with Gasteiger partial charge in [-0.15, -0.1) is 0 Å². The highest BCUT2D eigenvalue weighted by Gasteiger charge is 2.27. The molecule has 2 heteroatoms. The molecule has 0 aliphatic rings. The van der Waals surface area contributed by atoms with Crippen molar-refractivity contribution in [2.75, 3.05) is 6.54 Å². The van der Waals surface area contributed by atoms with Crippen molar-refractivity contribution in [2.24, 2.45) is 11.3 Å². The fourth-order valence-electron chi connectivity index (χ4n) is 1.59. The zero-order chi connectivity index (χ0) is 10.5. The molecule has 0 radical (unpaired) electrons. The minimum atomic E-state index is -0.219. The second-order valence-corrected chi connectivity index (χ2v) is 4.74. The first-order valence-corrected chi connectivity index (χ1v) is 5.18. The molecule has 1 N–H and O–H groups in total. The monoisotopic (exact) mass is 185 g/mol. The molecule has 0 aromatic heterocycles. The third-order valence-electron chi connectivity index (χ3n) is 2.07. The highest BCUT2D eigenvalue weighted by molar-refractivity contribution is 5.81. The molecule has 1 amide bonds. The van der Waals surface area contributed by atoms with Crippen LogP contribution in [0.2, 0.25) is 0 Å². The molecule has 0 saturated carbocycles. The maximum atomic E-state index is 11.6. The lowest BCUT2D eigenvalue weighted by Crippen LogP contribution is -2.38. The number of amides is 1. The summed E-state index contributed by atoms with van der Waals surface area (Å²) in [7, 11) is 0. The van der Waals surface area contributed by atoms with Crippen LogP contribution < -0.4 is 5.32 Å². The van der Waals surface area contributed by atoms with Crippen molar-refractivity contribution in [3.8, 4) is 0 Å². The Hall–Kier alpha value is -0.530. The van der Waals surface area contributed by atoms with Crippen LogP contribution in [0.3, 0.4) is 0 Å². The summed E-state index contributed by atoms with van der Waals surface area (Å²) in [6.45, 7) is 11.2. The third kappa shape index (κ3) is 4.91. The molecule has 0 aromatic rings. The third-order valence-corrected chi connectivity index (χ3v) is 2.07. The lowest BCUT2D eigenvalue weighted by Gasteiger charge is -2.25. The molecule has 0 aromatic carbocycles. The largest absolute Gasteiger partial charge is 0.356 e. The molecule has 0 unspecified atom stereocenters. The molecule has 0 aliphatic heterocycles. The number of nitrogens with one attached hydrogen (secondary N) is 1. The predicted octanol–water partition coefficient (Wildman–Crippen LogP) is 2.58. The molecule has 0 bridgehead atoms. The normalized spacial score (nSPS) is 11.8. The highest BCUT2D eigenvalue weighted by atomic mass is 16.2. The van der Waals surface area contributed by atoms with E-state index in [9.17, 15) is 4.79 Å². The van der Waals surface area contributed by atoms with Gasteiger partial charge in [-0.1, -0.05) is 34.6 Å². The average molecular weight is 185 g/mol. The van der Waals surface area contributed by atoms with Crippen LogP contribution in [0.25, 0.3) is 0 Å².